The Morgan fingerprint density at radius 3 is 3.16 bits per heavy atom. The summed E-state index contributed by atoms with van der Waals surface area (Å²) in [6, 6.07) is 7.82. The number of fused-ring (bicyclic) bond motifs is 1. The van der Waals surface area contributed by atoms with E-state index >= 15 is 0 Å². The Morgan fingerprint density at radius 2 is 2.32 bits per heavy atom. The fourth-order valence-electron chi connectivity index (χ4n) is 2.47. The van der Waals surface area contributed by atoms with Crippen LogP contribution in [0.25, 0.3) is 11.0 Å². The van der Waals surface area contributed by atoms with Crippen molar-refractivity contribution in [3.63, 3.8) is 0 Å². The second kappa shape index (κ2) is 5.35. The zero-order chi connectivity index (χ0) is 13.2. The molecule has 0 bridgehead atoms. The van der Waals surface area contributed by atoms with Crippen molar-refractivity contribution in [1.82, 2.24) is 9.55 Å². The molecule has 1 N–H and O–H groups in total. The third-order valence-corrected chi connectivity index (χ3v) is 4.67. The van der Waals surface area contributed by atoms with Crippen molar-refractivity contribution < 1.29 is 9.90 Å². The van der Waals surface area contributed by atoms with Gasteiger partial charge in [0.05, 0.1) is 35.9 Å². The molecular formula is C14H16N2O2S. The average molecular weight is 276 g/mol. The molecular weight excluding hydrogens is 260 g/mol. The highest BCUT2D eigenvalue weighted by atomic mass is 32.2. The molecule has 1 aromatic carbocycles. The number of aromatic nitrogens is 2. The first-order chi connectivity index (χ1) is 9.25. The van der Waals surface area contributed by atoms with E-state index < -0.39 is 6.10 Å². The van der Waals surface area contributed by atoms with Crippen LogP contribution in [-0.4, -0.2) is 38.1 Å². The molecule has 2 aromatic rings. The van der Waals surface area contributed by atoms with Gasteiger partial charge in [0.25, 0.3) is 0 Å². The topological polar surface area (TPSA) is 55.1 Å². The Bertz CT molecular complexity index is 596. The first-order valence-corrected chi connectivity index (χ1v) is 7.59. The summed E-state index contributed by atoms with van der Waals surface area (Å²) in [5.74, 6) is 1.57. The van der Waals surface area contributed by atoms with Gasteiger partial charge < -0.3 is 9.67 Å². The van der Waals surface area contributed by atoms with Crippen molar-refractivity contribution >= 4 is 28.6 Å². The maximum Gasteiger partial charge on any atom is 0.140 e. The first kappa shape index (κ1) is 12.7. The third-order valence-electron chi connectivity index (χ3n) is 3.58. The fraction of sp³-hybridized carbons (Fsp3) is 0.429. The molecule has 19 heavy (non-hydrogen) atoms. The van der Waals surface area contributed by atoms with Crippen LogP contribution in [0.2, 0.25) is 0 Å². The Hall–Kier alpha value is -1.33. The number of nitrogens with zero attached hydrogens (tertiary/aromatic N) is 2. The predicted molar refractivity (Wildman–Crippen MR) is 76.2 cm³/mol. The summed E-state index contributed by atoms with van der Waals surface area (Å²) < 4.78 is 1.92. The van der Waals surface area contributed by atoms with E-state index in [2.05, 4.69) is 4.98 Å². The van der Waals surface area contributed by atoms with Gasteiger partial charge in [0, 0.05) is 17.9 Å². The van der Waals surface area contributed by atoms with Gasteiger partial charge in [0.1, 0.15) is 5.78 Å². The molecule has 0 saturated carbocycles. The second-order valence-corrected chi connectivity index (χ2v) is 6.00. The number of carbonyl (C=O) groups is 1. The molecule has 1 aliphatic heterocycles. The van der Waals surface area contributed by atoms with E-state index in [9.17, 15) is 9.90 Å². The maximum atomic E-state index is 11.8. The number of thioether (sulfide) groups is 1. The summed E-state index contributed by atoms with van der Waals surface area (Å²) in [5.41, 5.74) is 1.91. The van der Waals surface area contributed by atoms with Crippen LogP contribution in [0.5, 0.6) is 0 Å². The Morgan fingerprint density at radius 1 is 1.47 bits per heavy atom. The van der Waals surface area contributed by atoms with E-state index in [1.54, 1.807) is 18.1 Å². The van der Waals surface area contributed by atoms with E-state index in [1.807, 2.05) is 28.8 Å². The Kier molecular flexibility index (Phi) is 3.57. The summed E-state index contributed by atoms with van der Waals surface area (Å²) in [6.45, 7) is 0.428. The van der Waals surface area contributed by atoms with Gasteiger partial charge in [-0.2, -0.15) is 11.8 Å². The minimum Gasteiger partial charge on any atom is -0.390 e. The molecule has 3 rings (SSSR count). The van der Waals surface area contributed by atoms with E-state index in [4.69, 9.17) is 0 Å². The normalized spacial score (nSPS) is 21.7. The molecule has 0 spiro atoms. The standard InChI is InChI=1S/C14H16N2O2S/c17-13-5-6-19-8-10(13)14(18)7-16-9-15-11-3-1-2-4-12(11)16/h1-4,9-10,14,18H,5-8H2/t10-,14+/m1/s1. The molecule has 4 nitrogen and oxygen atoms in total. The summed E-state index contributed by atoms with van der Waals surface area (Å²) in [7, 11) is 0. The number of benzene rings is 1. The summed E-state index contributed by atoms with van der Waals surface area (Å²) in [6.07, 6.45) is 1.68. The van der Waals surface area contributed by atoms with Crippen LogP contribution in [0, 0.1) is 5.92 Å². The van der Waals surface area contributed by atoms with Crippen molar-refractivity contribution in [2.75, 3.05) is 11.5 Å². The number of hydrogen-bond donors (Lipinski definition) is 1. The van der Waals surface area contributed by atoms with Gasteiger partial charge in [-0.25, -0.2) is 4.98 Å². The van der Waals surface area contributed by atoms with Crippen LogP contribution in [0.1, 0.15) is 6.42 Å². The maximum absolute atomic E-state index is 11.8. The number of carbonyl (C=O) groups excluding carboxylic acids is 1. The predicted octanol–water partition coefficient (Wildman–Crippen LogP) is 1.72. The molecule has 2 heterocycles. The number of ketones is 1. The largest absolute Gasteiger partial charge is 0.390 e. The number of para-hydroxylation sites is 2. The lowest BCUT2D eigenvalue weighted by atomic mass is 9.97. The molecule has 0 amide bonds. The number of aliphatic hydroxyl groups is 1. The van der Waals surface area contributed by atoms with E-state index in [-0.39, 0.29) is 11.7 Å². The smallest absolute Gasteiger partial charge is 0.140 e. The van der Waals surface area contributed by atoms with Crippen molar-refractivity contribution in [2.45, 2.75) is 19.1 Å². The molecule has 100 valence electrons. The van der Waals surface area contributed by atoms with Gasteiger partial charge in [0.15, 0.2) is 0 Å². The SMILES string of the molecule is O=C1CCSC[C@H]1[C@@H](O)Cn1cnc2ccccc21. The van der Waals surface area contributed by atoms with Gasteiger partial charge in [-0.15, -0.1) is 0 Å². The molecule has 1 aromatic heterocycles. The van der Waals surface area contributed by atoms with Crippen LogP contribution in [0.4, 0.5) is 0 Å². The molecule has 0 unspecified atom stereocenters. The lowest BCUT2D eigenvalue weighted by Crippen LogP contribution is -2.36. The molecule has 1 fully saturated rings. The van der Waals surface area contributed by atoms with Crippen molar-refractivity contribution in [3.05, 3.63) is 30.6 Å². The first-order valence-electron chi connectivity index (χ1n) is 6.44. The molecule has 0 aliphatic carbocycles. The molecule has 1 saturated heterocycles. The highest BCUT2D eigenvalue weighted by Gasteiger charge is 2.29. The van der Waals surface area contributed by atoms with Crippen LogP contribution in [0.3, 0.4) is 0 Å². The number of aliphatic hydroxyl groups excluding tert-OH is 1. The zero-order valence-corrected chi connectivity index (χ0v) is 11.3. The van der Waals surface area contributed by atoms with Gasteiger partial charge in [-0.3, -0.25) is 4.79 Å². The average Bonchev–Trinajstić information content (AvgIpc) is 2.83. The molecule has 2 atom stereocenters. The second-order valence-electron chi connectivity index (χ2n) is 4.85. The minimum atomic E-state index is -0.627. The zero-order valence-electron chi connectivity index (χ0n) is 10.5. The Balaban J connectivity index is 1.78. The minimum absolute atomic E-state index is 0.190. The lowest BCUT2D eigenvalue weighted by molar-refractivity contribution is -0.125. The number of rotatable bonds is 3. The summed E-state index contributed by atoms with van der Waals surface area (Å²) in [4.78, 5) is 16.1. The number of hydrogen-bond acceptors (Lipinski definition) is 4. The van der Waals surface area contributed by atoms with Gasteiger partial charge in [-0.05, 0) is 12.1 Å². The number of imidazole rings is 1. The van der Waals surface area contributed by atoms with Crippen LogP contribution < -0.4 is 0 Å². The van der Waals surface area contributed by atoms with Crippen LogP contribution in [-0.2, 0) is 11.3 Å². The Labute approximate surface area is 115 Å². The van der Waals surface area contributed by atoms with E-state index in [0.29, 0.717) is 13.0 Å². The van der Waals surface area contributed by atoms with Crippen molar-refractivity contribution in [3.8, 4) is 0 Å². The quantitative estimate of drug-likeness (QED) is 0.927. The van der Waals surface area contributed by atoms with E-state index in [0.717, 1.165) is 22.5 Å². The van der Waals surface area contributed by atoms with Crippen LogP contribution in [0.15, 0.2) is 30.6 Å². The van der Waals surface area contributed by atoms with Crippen LogP contribution >= 0.6 is 11.8 Å². The van der Waals surface area contributed by atoms with Gasteiger partial charge in [-0.1, -0.05) is 12.1 Å². The summed E-state index contributed by atoms with van der Waals surface area (Å²) >= 11 is 1.75. The lowest BCUT2D eigenvalue weighted by Gasteiger charge is -2.25. The highest BCUT2D eigenvalue weighted by Crippen LogP contribution is 2.24. The van der Waals surface area contributed by atoms with E-state index in [1.165, 1.54) is 0 Å². The fourth-order valence-corrected chi connectivity index (χ4v) is 3.65. The highest BCUT2D eigenvalue weighted by molar-refractivity contribution is 7.99. The van der Waals surface area contributed by atoms with Gasteiger partial charge >= 0.3 is 0 Å². The molecule has 1 aliphatic rings. The summed E-state index contributed by atoms with van der Waals surface area (Å²) in [5, 5.41) is 10.3. The molecule has 5 heteroatoms. The third kappa shape index (κ3) is 2.53. The number of Topliss-reactive ketones (excluding diaryl/α,β-unsaturated/α-hetero) is 1. The van der Waals surface area contributed by atoms with Crippen molar-refractivity contribution in [2.24, 2.45) is 5.92 Å². The monoisotopic (exact) mass is 276 g/mol. The molecule has 0 radical (unpaired) electrons. The van der Waals surface area contributed by atoms with Gasteiger partial charge in [0.2, 0.25) is 0 Å². The van der Waals surface area contributed by atoms with Crippen molar-refractivity contribution in [1.29, 1.82) is 0 Å².